The van der Waals surface area contributed by atoms with Gasteiger partial charge in [-0.2, -0.15) is 0 Å². The summed E-state index contributed by atoms with van der Waals surface area (Å²) < 4.78 is 0. The molecule has 0 atom stereocenters. The molecule has 2 heterocycles. The average molecular weight is 291 g/mol. The Kier molecular flexibility index (Phi) is 3.68. The van der Waals surface area contributed by atoms with Gasteiger partial charge in [-0.05, 0) is 19.3 Å². The molecule has 1 amide bonds. The van der Waals surface area contributed by atoms with E-state index in [0.29, 0.717) is 19.0 Å². The first-order valence-corrected chi connectivity index (χ1v) is 7.15. The molecule has 1 saturated heterocycles. The Morgan fingerprint density at radius 3 is 2.52 bits per heavy atom. The smallest absolute Gasteiger partial charge is 0.305 e. The second-order valence-electron chi connectivity index (χ2n) is 5.44. The number of aromatic nitrogens is 2. The first-order chi connectivity index (χ1) is 10.1. The van der Waals surface area contributed by atoms with Crippen molar-refractivity contribution in [3.8, 4) is 0 Å². The molecule has 1 aromatic rings. The van der Waals surface area contributed by atoms with E-state index in [9.17, 15) is 14.9 Å². The highest BCUT2D eigenvalue weighted by atomic mass is 16.6. The van der Waals surface area contributed by atoms with Gasteiger partial charge in [0.15, 0.2) is 0 Å². The molecule has 0 bridgehead atoms. The van der Waals surface area contributed by atoms with Crippen LogP contribution in [-0.4, -0.2) is 51.9 Å². The normalized spacial score (nSPS) is 19.2. The minimum Gasteiger partial charge on any atom is -0.341 e. The zero-order valence-corrected chi connectivity index (χ0v) is 11.6. The van der Waals surface area contributed by atoms with Gasteiger partial charge in [0.25, 0.3) is 0 Å². The molecule has 112 valence electrons. The van der Waals surface area contributed by atoms with Gasteiger partial charge in [0.2, 0.25) is 11.9 Å². The van der Waals surface area contributed by atoms with Gasteiger partial charge in [0.1, 0.15) is 12.4 Å². The van der Waals surface area contributed by atoms with Crippen LogP contribution in [0.2, 0.25) is 0 Å². The van der Waals surface area contributed by atoms with Crippen molar-refractivity contribution in [1.82, 2.24) is 14.9 Å². The predicted molar refractivity (Wildman–Crippen MR) is 74.8 cm³/mol. The van der Waals surface area contributed by atoms with Gasteiger partial charge in [-0.15, -0.1) is 0 Å². The van der Waals surface area contributed by atoms with E-state index in [1.807, 2.05) is 9.80 Å². The highest BCUT2D eigenvalue weighted by Crippen LogP contribution is 2.31. The summed E-state index contributed by atoms with van der Waals surface area (Å²) in [4.78, 5) is 34.2. The van der Waals surface area contributed by atoms with Crippen LogP contribution in [0.15, 0.2) is 12.4 Å². The summed E-state index contributed by atoms with van der Waals surface area (Å²) >= 11 is 0. The van der Waals surface area contributed by atoms with Crippen LogP contribution in [0.4, 0.5) is 11.6 Å². The van der Waals surface area contributed by atoms with Crippen molar-refractivity contribution in [1.29, 1.82) is 0 Å². The van der Waals surface area contributed by atoms with Crippen LogP contribution in [0.3, 0.4) is 0 Å². The summed E-state index contributed by atoms with van der Waals surface area (Å²) in [7, 11) is 0. The van der Waals surface area contributed by atoms with E-state index in [-0.39, 0.29) is 17.5 Å². The zero-order chi connectivity index (χ0) is 14.8. The fourth-order valence-corrected chi connectivity index (χ4v) is 2.50. The maximum absolute atomic E-state index is 12.1. The number of rotatable bonds is 3. The van der Waals surface area contributed by atoms with Crippen LogP contribution in [-0.2, 0) is 4.79 Å². The molecule has 1 aromatic heterocycles. The number of amides is 1. The summed E-state index contributed by atoms with van der Waals surface area (Å²) in [6.07, 6.45) is 5.34. The molecule has 0 unspecified atom stereocenters. The third kappa shape index (κ3) is 3.09. The monoisotopic (exact) mass is 291 g/mol. The number of carbonyl (C=O) groups is 1. The molecule has 2 fully saturated rings. The second kappa shape index (κ2) is 5.63. The molecule has 1 aliphatic heterocycles. The number of carbonyl (C=O) groups excluding carboxylic acids is 1. The van der Waals surface area contributed by atoms with E-state index in [2.05, 4.69) is 9.97 Å². The Bertz CT molecular complexity index is 543. The van der Waals surface area contributed by atoms with Gasteiger partial charge in [0.05, 0.1) is 4.92 Å². The van der Waals surface area contributed by atoms with Crippen molar-refractivity contribution in [3.63, 3.8) is 0 Å². The van der Waals surface area contributed by atoms with Crippen molar-refractivity contribution >= 4 is 17.5 Å². The Balaban J connectivity index is 1.63. The maximum atomic E-state index is 12.1. The molecule has 21 heavy (non-hydrogen) atoms. The molecule has 3 rings (SSSR count). The Hall–Kier alpha value is -2.25. The lowest BCUT2D eigenvalue weighted by Gasteiger charge is -2.21. The van der Waals surface area contributed by atoms with Crippen molar-refractivity contribution in [3.05, 3.63) is 22.5 Å². The maximum Gasteiger partial charge on any atom is 0.305 e. The third-order valence-electron chi connectivity index (χ3n) is 3.85. The largest absolute Gasteiger partial charge is 0.341 e. The van der Waals surface area contributed by atoms with Crippen LogP contribution < -0.4 is 4.90 Å². The lowest BCUT2D eigenvalue weighted by molar-refractivity contribution is -0.385. The summed E-state index contributed by atoms with van der Waals surface area (Å²) in [5.41, 5.74) is -0.112. The van der Waals surface area contributed by atoms with Crippen molar-refractivity contribution in [2.75, 3.05) is 31.1 Å². The highest BCUT2D eigenvalue weighted by molar-refractivity contribution is 5.81. The zero-order valence-electron chi connectivity index (χ0n) is 11.6. The SMILES string of the molecule is O=C(C1CC1)N1CCCN(c2ncc([N+](=O)[O-])cn2)CC1. The highest BCUT2D eigenvalue weighted by Gasteiger charge is 2.34. The van der Waals surface area contributed by atoms with Crippen LogP contribution in [0.1, 0.15) is 19.3 Å². The standard InChI is InChI=1S/C13H17N5O3/c19-12(10-2-3-10)16-4-1-5-17(7-6-16)13-14-8-11(9-15-13)18(20)21/h8-10H,1-7H2. The molecule has 0 spiro atoms. The molecular formula is C13H17N5O3. The Morgan fingerprint density at radius 1 is 1.19 bits per heavy atom. The van der Waals surface area contributed by atoms with Crippen molar-refractivity contribution < 1.29 is 9.72 Å². The van der Waals surface area contributed by atoms with Gasteiger partial charge in [-0.3, -0.25) is 14.9 Å². The Labute approximate surface area is 121 Å². The third-order valence-corrected chi connectivity index (χ3v) is 3.85. The number of hydrogen-bond acceptors (Lipinski definition) is 6. The van der Waals surface area contributed by atoms with E-state index in [4.69, 9.17) is 0 Å². The molecule has 0 radical (unpaired) electrons. The summed E-state index contributed by atoms with van der Waals surface area (Å²) in [5, 5.41) is 10.6. The van der Waals surface area contributed by atoms with E-state index in [1.54, 1.807) is 0 Å². The van der Waals surface area contributed by atoms with E-state index in [1.165, 1.54) is 12.4 Å². The van der Waals surface area contributed by atoms with Crippen molar-refractivity contribution in [2.24, 2.45) is 5.92 Å². The van der Waals surface area contributed by atoms with Gasteiger partial charge >= 0.3 is 5.69 Å². The summed E-state index contributed by atoms with van der Waals surface area (Å²) in [6.45, 7) is 2.84. The fraction of sp³-hybridized carbons (Fsp3) is 0.615. The summed E-state index contributed by atoms with van der Waals surface area (Å²) in [5.74, 6) is 0.995. The number of hydrogen-bond donors (Lipinski definition) is 0. The van der Waals surface area contributed by atoms with Crippen molar-refractivity contribution in [2.45, 2.75) is 19.3 Å². The average Bonchev–Trinajstić information content (AvgIpc) is 3.33. The molecular weight excluding hydrogens is 274 g/mol. The first kappa shape index (κ1) is 13.7. The van der Waals surface area contributed by atoms with E-state index < -0.39 is 4.92 Å². The minimum absolute atomic E-state index is 0.112. The second-order valence-corrected chi connectivity index (χ2v) is 5.44. The molecule has 8 nitrogen and oxygen atoms in total. The lowest BCUT2D eigenvalue weighted by Crippen LogP contribution is -2.36. The van der Waals surface area contributed by atoms with Crippen LogP contribution >= 0.6 is 0 Å². The van der Waals surface area contributed by atoms with E-state index >= 15 is 0 Å². The van der Waals surface area contributed by atoms with Gasteiger partial charge in [-0.25, -0.2) is 9.97 Å². The molecule has 1 saturated carbocycles. The predicted octanol–water partition coefficient (Wildman–Crippen LogP) is 0.833. The number of anilines is 1. The molecule has 0 aromatic carbocycles. The minimum atomic E-state index is -0.512. The van der Waals surface area contributed by atoms with Crippen LogP contribution in [0.25, 0.3) is 0 Å². The molecule has 1 aliphatic carbocycles. The number of nitrogens with zero attached hydrogens (tertiary/aromatic N) is 5. The number of nitro groups is 1. The van der Waals surface area contributed by atoms with Crippen LogP contribution in [0, 0.1) is 16.0 Å². The fourth-order valence-electron chi connectivity index (χ4n) is 2.50. The molecule has 2 aliphatic rings. The first-order valence-electron chi connectivity index (χ1n) is 7.15. The molecule has 0 N–H and O–H groups in total. The topological polar surface area (TPSA) is 92.5 Å². The quantitative estimate of drug-likeness (QED) is 0.605. The van der Waals surface area contributed by atoms with Gasteiger partial charge in [-0.1, -0.05) is 0 Å². The lowest BCUT2D eigenvalue weighted by atomic mass is 10.3. The van der Waals surface area contributed by atoms with Gasteiger partial charge in [0, 0.05) is 32.1 Å². The van der Waals surface area contributed by atoms with Crippen LogP contribution in [0.5, 0.6) is 0 Å². The summed E-state index contributed by atoms with van der Waals surface area (Å²) in [6, 6.07) is 0. The molecule has 8 heteroatoms. The Morgan fingerprint density at radius 2 is 1.90 bits per heavy atom. The van der Waals surface area contributed by atoms with E-state index in [0.717, 1.165) is 32.4 Å². The van der Waals surface area contributed by atoms with Gasteiger partial charge < -0.3 is 9.80 Å².